The number of fused-ring (bicyclic) bond motifs is 16. The van der Waals surface area contributed by atoms with E-state index in [1.165, 1.54) is 121 Å². The molecule has 0 amide bonds. The molecule has 121 heavy (non-hydrogen) atoms. The molecule has 7 aromatic heterocycles. The molecule has 0 N–H and O–H groups in total. The molecule has 17 aromatic carbocycles. The van der Waals surface area contributed by atoms with Gasteiger partial charge in [0.15, 0.2) is 11.6 Å². The first-order valence-electron chi connectivity index (χ1n) is 40.7. The van der Waals surface area contributed by atoms with Gasteiger partial charge in [0.1, 0.15) is 0 Å². The van der Waals surface area contributed by atoms with Gasteiger partial charge in [-0.15, -0.1) is 34.0 Å². The molecule has 0 spiro atoms. The number of thiophene rings is 3. The Balaban J connectivity index is 0.000000141. The highest BCUT2D eigenvalue weighted by Crippen LogP contribution is 2.49. The van der Waals surface area contributed by atoms with Crippen molar-refractivity contribution in [2.45, 2.75) is 0 Å². The Morgan fingerprint density at radius 1 is 0.165 bits per heavy atom. The van der Waals surface area contributed by atoms with E-state index in [9.17, 15) is 0 Å². The maximum absolute atomic E-state index is 5.56. The van der Waals surface area contributed by atoms with Crippen molar-refractivity contribution in [1.29, 1.82) is 0 Å². The van der Waals surface area contributed by atoms with Crippen molar-refractivity contribution in [1.82, 2.24) is 29.9 Å². The molecule has 0 fully saturated rings. The Morgan fingerprint density at radius 2 is 0.512 bits per heavy atom. The van der Waals surface area contributed by atoms with Crippen LogP contribution >= 0.6 is 34.0 Å². The third-order valence-electron chi connectivity index (χ3n) is 23.3. The minimum atomic E-state index is 0.692. The van der Waals surface area contributed by atoms with Gasteiger partial charge >= 0.3 is 0 Å². The highest BCUT2D eigenvalue weighted by Gasteiger charge is 2.23. The topological polar surface area (TPSA) is 77.3 Å². The molecule has 0 saturated heterocycles. The van der Waals surface area contributed by atoms with Crippen molar-refractivity contribution in [3.8, 4) is 135 Å². The summed E-state index contributed by atoms with van der Waals surface area (Å²) in [7, 11) is 0. The zero-order valence-electron chi connectivity index (χ0n) is 65.2. The molecule has 0 aliphatic heterocycles. The highest BCUT2D eigenvalue weighted by atomic mass is 32.1. The Labute approximate surface area is 709 Å². The van der Waals surface area contributed by atoms with Gasteiger partial charge in [0.2, 0.25) is 0 Å². The number of nitrogens with zero attached hydrogens (tertiary/aromatic N) is 6. The highest BCUT2D eigenvalue weighted by molar-refractivity contribution is 7.27. The lowest BCUT2D eigenvalue weighted by Gasteiger charge is -2.13. The summed E-state index contributed by atoms with van der Waals surface area (Å²) in [5, 5.41) is 15.0. The minimum absolute atomic E-state index is 0.692. The summed E-state index contributed by atoms with van der Waals surface area (Å²) in [6, 6.07) is 147. The zero-order valence-corrected chi connectivity index (χ0v) is 67.6. The molecular formula is C112H68N6S3. The van der Waals surface area contributed by atoms with E-state index in [4.69, 9.17) is 29.9 Å². The number of aromatic nitrogens is 6. The lowest BCUT2D eigenvalue weighted by atomic mass is 9.91. The fourth-order valence-electron chi connectivity index (χ4n) is 17.5. The van der Waals surface area contributed by atoms with Crippen LogP contribution in [0.25, 0.3) is 239 Å². The van der Waals surface area contributed by atoms with Crippen LogP contribution in [0.4, 0.5) is 0 Å². The molecule has 24 rings (SSSR count). The third-order valence-corrected chi connectivity index (χ3v) is 26.9. The van der Waals surface area contributed by atoms with Crippen molar-refractivity contribution in [3.63, 3.8) is 0 Å². The molecule has 0 radical (unpaired) electrons. The van der Waals surface area contributed by atoms with Gasteiger partial charge in [-0.2, -0.15) is 0 Å². The molecule has 564 valence electrons. The van der Waals surface area contributed by atoms with Crippen LogP contribution in [0.15, 0.2) is 413 Å². The average molecular weight is 1590 g/mol. The molecular weight excluding hydrogens is 1530 g/mol. The van der Waals surface area contributed by atoms with Crippen LogP contribution in [-0.2, 0) is 0 Å². The molecule has 0 atom stereocenters. The second kappa shape index (κ2) is 30.1. The molecule has 6 nitrogen and oxygen atoms in total. The van der Waals surface area contributed by atoms with E-state index >= 15 is 0 Å². The summed E-state index contributed by atoms with van der Waals surface area (Å²) >= 11 is 5.49. The van der Waals surface area contributed by atoms with Crippen LogP contribution in [0.5, 0.6) is 0 Å². The van der Waals surface area contributed by atoms with Gasteiger partial charge in [0.05, 0.1) is 54.6 Å². The smallest absolute Gasteiger partial charge is 0.160 e. The molecule has 0 unspecified atom stereocenters. The van der Waals surface area contributed by atoms with Crippen LogP contribution in [-0.4, -0.2) is 29.9 Å². The van der Waals surface area contributed by atoms with E-state index in [0.29, 0.717) is 11.6 Å². The fraction of sp³-hybridized carbons (Fsp3) is 0. The Hall–Kier alpha value is -15.1. The normalized spacial score (nSPS) is 11.6. The second-order valence-electron chi connectivity index (χ2n) is 30.7. The van der Waals surface area contributed by atoms with Gasteiger partial charge in [-0.25, -0.2) is 29.9 Å². The Bertz CT molecular complexity index is 8150. The summed E-state index contributed by atoms with van der Waals surface area (Å²) in [5.41, 5.74) is 25.0. The Morgan fingerprint density at radius 3 is 1.08 bits per heavy atom. The molecule has 0 aliphatic rings. The largest absolute Gasteiger partial charge is 0.246 e. The van der Waals surface area contributed by atoms with Gasteiger partial charge in [-0.05, 0) is 133 Å². The van der Waals surface area contributed by atoms with Crippen molar-refractivity contribution in [2.24, 2.45) is 0 Å². The second-order valence-corrected chi connectivity index (χ2v) is 33.8. The standard InChI is InChI=1S/C57H35N3S.C55H33N3S2/c1-3-15-36(16-4-1)50-35-51(60-57(59-50)37-17-5-2-6-18-37)42-22-14-23-43(32-42)55-56-54(48-27-11-12-28-53(48)61-56)47-30-29-39(34-52(47)58-55)38-20-13-21-40(31-38)49-33-41-19-7-8-24-44(41)45-25-9-10-26-46(45)49;1-3-13-34(14-4-1)35-25-27-36(28-26-35)46-33-47(58-55(57-46)37-15-5-2-6-16-37)39-17-11-18-40(31-39)52-54-51(45-20-8-10-24-50(45)60-54)44-30-29-38(32-48(44)56-52)41-21-12-22-43-42-19-7-9-23-49(42)59-53(41)43/h1-35H;1-33H. The van der Waals surface area contributed by atoms with Crippen LogP contribution in [0.1, 0.15) is 0 Å². The van der Waals surface area contributed by atoms with Crippen LogP contribution in [0.3, 0.4) is 0 Å². The summed E-state index contributed by atoms with van der Waals surface area (Å²) in [6.45, 7) is 0. The van der Waals surface area contributed by atoms with Crippen molar-refractivity contribution < 1.29 is 0 Å². The first kappa shape index (κ1) is 71.2. The van der Waals surface area contributed by atoms with Gasteiger partial charge in [0, 0.05) is 106 Å². The predicted octanol–water partition coefficient (Wildman–Crippen LogP) is 31.5. The van der Waals surface area contributed by atoms with Gasteiger partial charge in [-0.1, -0.05) is 346 Å². The zero-order chi connectivity index (χ0) is 79.9. The quantitative estimate of drug-likeness (QED) is 0.113. The van der Waals surface area contributed by atoms with Crippen molar-refractivity contribution in [2.75, 3.05) is 0 Å². The molecule has 0 aliphatic carbocycles. The van der Waals surface area contributed by atoms with E-state index in [1.807, 2.05) is 82.5 Å². The molecule has 9 heteroatoms. The summed E-state index contributed by atoms with van der Waals surface area (Å²) in [6.07, 6.45) is 0. The first-order chi connectivity index (χ1) is 59.9. The number of pyridine rings is 2. The SMILES string of the molecule is c1ccc(-c2cc(-c3cccc(-c4nc5cc(-c6cccc(-c7cc8ccccc8c8ccccc78)c6)ccc5c5c4sc4ccccc45)c3)nc(-c3ccccc3)n2)cc1.c1ccc(-c2ccc(-c3cc(-c4cccc(-c5nc6cc(-c7cccc8c7sc7ccccc78)ccc6c6c5sc5ccccc56)c4)nc(-c4ccccc4)n3)cc2)cc1. The molecule has 0 bridgehead atoms. The predicted molar refractivity (Wildman–Crippen MR) is 514 cm³/mol. The number of benzene rings is 17. The maximum atomic E-state index is 5.56. The minimum Gasteiger partial charge on any atom is -0.246 e. The van der Waals surface area contributed by atoms with E-state index in [1.54, 1.807) is 0 Å². The Kier molecular flexibility index (Phi) is 17.7. The third kappa shape index (κ3) is 13.0. The maximum Gasteiger partial charge on any atom is 0.160 e. The van der Waals surface area contributed by atoms with E-state index in [0.717, 1.165) is 106 Å². The van der Waals surface area contributed by atoms with Gasteiger partial charge in [-0.3, -0.25) is 0 Å². The van der Waals surface area contributed by atoms with Crippen LogP contribution < -0.4 is 0 Å². The van der Waals surface area contributed by atoms with Crippen molar-refractivity contribution in [3.05, 3.63) is 413 Å². The number of rotatable bonds is 12. The number of hydrogen-bond acceptors (Lipinski definition) is 9. The van der Waals surface area contributed by atoms with Crippen LogP contribution in [0.2, 0.25) is 0 Å². The lowest BCUT2D eigenvalue weighted by molar-refractivity contribution is 1.18. The first-order valence-corrected chi connectivity index (χ1v) is 43.1. The van der Waals surface area contributed by atoms with Gasteiger partial charge in [0.25, 0.3) is 0 Å². The average Bonchev–Trinajstić information content (AvgIpc) is 1.60. The molecule has 0 saturated carbocycles. The van der Waals surface area contributed by atoms with E-state index in [2.05, 4.69) is 364 Å². The summed E-state index contributed by atoms with van der Waals surface area (Å²) in [4.78, 5) is 31.6. The van der Waals surface area contributed by atoms with Crippen molar-refractivity contribution >= 4 is 138 Å². The fourth-order valence-corrected chi connectivity index (χ4v) is 21.2. The van der Waals surface area contributed by atoms with Crippen LogP contribution in [0, 0.1) is 0 Å². The summed E-state index contributed by atoms with van der Waals surface area (Å²) in [5.74, 6) is 1.39. The summed E-state index contributed by atoms with van der Waals surface area (Å²) < 4.78 is 7.48. The monoisotopic (exact) mass is 1590 g/mol. The van der Waals surface area contributed by atoms with Gasteiger partial charge < -0.3 is 0 Å². The van der Waals surface area contributed by atoms with E-state index < -0.39 is 0 Å². The van der Waals surface area contributed by atoms with E-state index in [-0.39, 0.29) is 0 Å². The lowest BCUT2D eigenvalue weighted by Crippen LogP contribution is -1.96. The number of hydrogen-bond donors (Lipinski definition) is 0. The molecule has 7 heterocycles. The molecule has 24 aromatic rings.